The van der Waals surface area contributed by atoms with Crippen LogP contribution >= 0.6 is 15.9 Å². The molecule has 0 unspecified atom stereocenters. The van der Waals surface area contributed by atoms with Gasteiger partial charge in [-0.3, -0.25) is 4.98 Å². The number of hydrogen-bond acceptors (Lipinski definition) is 1. The van der Waals surface area contributed by atoms with E-state index in [4.69, 9.17) is 4.98 Å². The molecule has 1 aliphatic rings. The van der Waals surface area contributed by atoms with E-state index >= 15 is 0 Å². The first-order valence-electron chi connectivity index (χ1n) is 5.84. The van der Waals surface area contributed by atoms with Crippen LogP contribution in [0.3, 0.4) is 0 Å². The van der Waals surface area contributed by atoms with Gasteiger partial charge in [-0.05, 0) is 54.8 Å². The van der Waals surface area contributed by atoms with Gasteiger partial charge in [0, 0.05) is 28.3 Å². The second kappa shape index (κ2) is 3.59. The van der Waals surface area contributed by atoms with Crippen molar-refractivity contribution in [2.45, 2.75) is 38.6 Å². The van der Waals surface area contributed by atoms with Crippen LogP contribution in [0.25, 0.3) is 11.0 Å². The predicted octanol–water partition coefficient (Wildman–Crippen LogP) is 4.26. The summed E-state index contributed by atoms with van der Waals surface area (Å²) in [5.41, 5.74) is 3.59. The van der Waals surface area contributed by atoms with Gasteiger partial charge in [0.05, 0.1) is 11.0 Å². The maximum Gasteiger partial charge on any atom is 0.0896 e. The Morgan fingerprint density at radius 3 is 2.81 bits per heavy atom. The minimum Gasteiger partial charge on any atom is -0.343 e. The molecule has 1 aliphatic carbocycles. The Balaban J connectivity index is 2.21. The van der Waals surface area contributed by atoms with Gasteiger partial charge in [0.1, 0.15) is 0 Å². The van der Waals surface area contributed by atoms with Crippen LogP contribution in [0.15, 0.2) is 22.8 Å². The third-order valence-electron chi connectivity index (χ3n) is 3.20. The third kappa shape index (κ3) is 1.58. The van der Waals surface area contributed by atoms with Gasteiger partial charge in [0.15, 0.2) is 0 Å². The van der Waals surface area contributed by atoms with Crippen LogP contribution in [-0.4, -0.2) is 9.55 Å². The van der Waals surface area contributed by atoms with Crippen LogP contribution in [0.2, 0.25) is 0 Å². The van der Waals surface area contributed by atoms with Gasteiger partial charge < -0.3 is 4.57 Å². The van der Waals surface area contributed by atoms with Gasteiger partial charge in [-0.25, -0.2) is 0 Å². The van der Waals surface area contributed by atoms with Crippen molar-refractivity contribution in [1.29, 1.82) is 0 Å². The molecule has 84 valence electrons. The van der Waals surface area contributed by atoms with Crippen molar-refractivity contribution in [2.24, 2.45) is 0 Å². The summed E-state index contributed by atoms with van der Waals surface area (Å²) in [5, 5.41) is 0. The zero-order chi connectivity index (χ0) is 11.3. The van der Waals surface area contributed by atoms with Crippen molar-refractivity contribution in [1.82, 2.24) is 9.55 Å². The SMILES string of the molecule is CC(C)n1ccc2nc(C3CC3)cc(Br)c21. The Kier molecular flexibility index (Phi) is 2.32. The van der Waals surface area contributed by atoms with Crippen molar-refractivity contribution in [2.75, 3.05) is 0 Å². The van der Waals surface area contributed by atoms with Gasteiger partial charge in [-0.15, -0.1) is 0 Å². The number of nitrogens with zero attached hydrogens (tertiary/aromatic N) is 2. The van der Waals surface area contributed by atoms with E-state index in [-0.39, 0.29) is 0 Å². The molecule has 2 nitrogen and oxygen atoms in total. The number of halogens is 1. The molecule has 2 aromatic rings. The number of pyridine rings is 1. The average Bonchev–Trinajstić information content (AvgIpc) is 2.98. The largest absolute Gasteiger partial charge is 0.343 e. The zero-order valence-corrected chi connectivity index (χ0v) is 11.2. The minimum atomic E-state index is 0.474. The van der Waals surface area contributed by atoms with Crippen LogP contribution in [0, 0.1) is 0 Å². The predicted molar refractivity (Wildman–Crippen MR) is 69.8 cm³/mol. The standard InChI is InChI=1S/C13H15BrN2/c1-8(2)16-6-5-11-13(16)10(14)7-12(15-11)9-3-4-9/h5-9H,3-4H2,1-2H3. The fraction of sp³-hybridized carbons (Fsp3) is 0.462. The zero-order valence-electron chi connectivity index (χ0n) is 9.57. The fourth-order valence-electron chi connectivity index (χ4n) is 2.16. The van der Waals surface area contributed by atoms with Crippen molar-refractivity contribution < 1.29 is 0 Å². The van der Waals surface area contributed by atoms with E-state index in [1.807, 2.05) is 0 Å². The second-order valence-electron chi connectivity index (χ2n) is 4.85. The van der Waals surface area contributed by atoms with E-state index in [0.29, 0.717) is 12.0 Å². The number of hydrogen-bond donors (Lipinski definition) is 0. The second-order valence-corrected chi connectivity index (χ2v) is 5.71. The molecule has 16 heavy (non-hydrogen) atoms. The van der Waals surface area contributed by atoms with E-state index in [0.717, 1.165) is 5.52 Å². The number of aromatic nitrogens is 2. The summed E-state index contributed by atoms with van der Waals surface area (Å²) in [4.78, 5) is 4.75. The third-order valence-corrected chi connectivity index (χ3v) is 3.80. The molecule has 0 radical (unpaired) electrons. The Morgan fingerprint density at radius 2 is 2.19 bits per heavy atom. The molecule has 3 heteroatoms. The van der Waals surface area contributed by atoms with Gasteiger partial charge in [-0.2, -0.15) is 0 Å². The molecule has 0 aromatic carbocycles. The molecule has 0 spiro atoms. The smallest absolute Gasteiger partial charge is 0.0896 e. The Bertz CT molecular complexity index is 538. The van der Waals surface area contributed by atoms with Crippen LogP contribution < -0.4 is 0 Å². The highest BCUT2D eigenvalue weighted by Gasteiger charge is 2.26. The summed E-state index contributed by atoms with van der Waals surface area (Å²) in [5.74, 6) is 0.711. The topological polar surface area (TPSA) is 17.8 Å². The summed E-state index contributed by atoms with van der Waals surface area (Å²) < 4.78 is 3.45. The molecular weight excluding hydrogens is 264 g/mol. The van der Waals surface area contributed by atoms with Gasteiger partial charge in [0.2, 0.25) is 0 Å². The lowest BCUT2D eigenvalue weighted by molar-refractivity contribution is 0.622. The van der Waals surface area contributed by atoms with Gasteiger partial charge in [0.25, 0.3) is 0 Å². The fourth-order valence-corrected chi connectivity index (χ4v) is 2.80. The highest BCUT2D eigenvalue weighted by atomic mass is 79.9. The monoisotopic (exact) mass is 278 g/mol. The van der Waals surface area contributed by atoms with E-state index in [9.17, 15) is 0 Å². The van der Waals surface area contributed by atoms with Crippen molar-refractivity contribution >= 4 is 27.0 Å². The molecule has 2 heterocycles. The molecule has 0 saturated heterocycles. The van der Waals surface area contributed by atoms with E-state index in [2.05, 4.69) is 52.7 Å². The lowest BCUT2D eigenvalue weighted by atomic mass is 10.2. The molecule has 1 fully saturated rings. The van der Waals surface area contributed by atoms with Crippen molar-refractivity contribution in [3.8, 4) is 0 Å². The first-order valence-corrected chi connectivity index (χ1v) is 6.63. The molecule has 0 aliphatic heterocycles. The minimum absolute atomic E-state index is 0.474. The van der Waals surface area contributed by atoms with Gasteiger partial charge >= 0.3 is 0 Å². The summed E-state index contributed by atoms with van der Waals surface area (Å²) in [6.07, 6.45) is 4.73. The molecule has 0 amide bonds. The summed E-state index contributed by atoms with van der Waals surface area (Å²) in [6.45, 7) is 4.39. The normalized spacial score (nSPS) is 16.2. The molecule has 0 bridgehead atoms. The molecular formula is C13H15BrN2. The summed E-state index contributed by atoms with van der Waals surface area (Å²) in [7, 11) is 0. The highest BCUT2D eigenvalue weighted by Crippen LogP contribution is 2.41. The Hall–Kier alpha value is -0.830. The lowest BCUT2D eigenvalue weighted by Gasteiger charge is -2.10. The Morgan fingerprint density at radius 1 is 1.44 bits per heavy atom. The van der Waals surface area contributed by atoms with E-state index in [1.54, 1.807) is 0 Å². The van der Waals surface area contributed by atoms with Crippen LogP contribution in [0.1, 0.15) is 44.3 Å². The van der Waals surface area contributed by atoms with E-state index in [1.165, 1.54) is 28.5 Å². The quantitative estimate of drug-likeness (QED) is 0.803. The highest BCUT2D eigenvalue weighted by molar-refractivity contribution is 9.10. The van der Waals surface area contributed by atoms with Crippen LogP contribution in [0.4, 0.5) is 0 Å². The van der Waals surface area contributed by atoms with Crippen LogP contribution in [-0.2, 0) is 0 Å². The van der Waals surface area contributed by atoms with Gasteiger partial charge in [-0.1, -0.05) is 0 Å². The van der Waals surface area contributed by atoms with Crippen LogP contribution in [0.5, 0.6) is 0 Å². The lowest BCUT2D eigenvalue weighted by Crippen LogP contribution is -1.99. The Labute approximate surface area is 104 Å². The average molecular weight is 279 g/mol. The van der Waals surface area contributed by atoms with Crippen molar-refractivity contribution in [3.05, 3.63) is 28.5 Å². The molecule has 2 aromatic heterocycles. The molecule has 0 N–H and O–H groups in total. The molecule has 3 rings (SSSR count). The molecule has 0 atom stereocenters. The maximum atomic E-state index is 4.75. The van der Waals surface area contributed by atoms with E-state index < -0.39 is 0 Å². The summed E-state index contributed by atoms with van der Waals surface area (Å²) in [6, 6.07) is 4.78. The first kappa shape index (κ1) is 10.3. The number of fused-ring (bicyclic) bond motifs is 1. The molecule has 1 saturated carbocycles. The van der Waals surface area contributed by atoms with Crippen molar-refractivity contribution in [3.63, 3.8) is 0 Å². The summed E-state index contributed by atoms with van der Waals surface area (Å²) >= 11 is 3.68. The first-order chi connectivity index (χ1) is 7.66. The number of rotatable bonds is 2. The maximum absolute atomic E-state index is 4.75.